The van der Waals surface area contributed by atoms with Crippen LogP contribution in [0.25, 0.3) is 0 Å². The van der Waals surface area contributed by atoms with Gasteiger partial charge >= 0.3 is 0 Å². The lowest BCUT2D eigenvalue weighted by Gasteiger charge is -2.33. The fourth-order valence-electron chi connectivity index (χ4n) is 3.49. The van der Waals surface area contributed by atoms with Gasteiger partial charge in [-0.05, 0) is 37.1 Å². The predicted molar refractivity (Wildman–Crippen MR) is 122 cm³/mol. The van der Waals surface area contributed by atoms with Gasteiger partial charge in [0.05, 0.1) is 35.5 Å². The van der Waals surface area contributed by atoms with Crippen LogP contribution in [0.5, 0.6) is 11.5 Å². The first kappa shape index (κ1) is 22.1. The molecule has 0 saturated heterocycles. The van der Waals surface area contributed by atoms with E-state index < -0.39 is 10.0 Å². The Hall–Kier alpha value is -2.10. The van der Waals surface area contributed by atoms with Crippen molar-refractivity contribution < 1.29 is 22.7 Å². The van der Waals surface area contributed by atoms with E-state index >= 15 is 0 Å². The van der Waals surface area contributed by atoms with E-state index in [0.717, 1.165) is 17.7 Å². The molecule has 7 nitrogen and oxygen atoms in total. The van der Waals surface area contributed by atoms with Crippen molar-refractivity contribution in [1.29, 1.82) is 0 Å². The van der Waals surface area contributed by atoms with Crippen molar-refractivity contribution in [3.05, 3.63) is 35.4 Å². The van der Waals surface area contributed by atoms with Gasteiger partial charge in [-0.1, -0.05) is 18.5 Å². The number of amides is 1. The second kappa shape index (κ2) is 8.44. The molecule has 0 aromatic heterocycles. The first-order valence-corrected chi connectivity index (χ1v) is 12.5. The molecule has 0 spiro atoms. The summed E-state index contributed by atoms with van der Waals surface area (Å²) in [6.45, 7) is 2.62. The summed E-state index contributed by atoms with van der Waals surface area (Å²) < 4.78 is 39.3. The average Bonchev–Trinajstić information content (AvgIpc) is 3.57. The fraction of sp³-hybridized carbons (Fsp3) is 0.381. The number of hydrogen-bond donors (Lipinski definition) is 1. The lowest BCUT2D eigenvalue weighted by Crippen LogP contribution is -2.39. The largest absolute Gasteiger partial charge is 0.495 e. The maximum Gasteiger partial charge on any atom is 0.262 e. The second-order valence-corrected chi connectivity index (χ2v) is 11.1. The molecule has 10 heteroatoms. The minimum absolute atomic E-state index is 0.0484. The molecule has 4 rings (SSSR count). The van der Waals surface area contributed by atoms with E-state index in [1.54, 1.807) is 34.9 Å². The van der Waals surface area contributed by atoms with Gasteiger partial charge in [-0.25, -0.2) is 8.42 Å². The predicted octanol–water partition coefficient (Wildman–Crippen LogP) is 4.40. The number of carbonyl (C=O) groups is 1. The Morgan fingerprint density at radius 1 is 1.16 bits per heavy atom. The molecule has 0 radical (unpaired) electrons. The highest BCUT2D eigenvalue weighted by molar-refractivity contribution is 8.00. The van der Waals surface area contributed by atoms with Gasteiger partial charge in [-0.2, -0.15) is 0 Å². The van der Waals surface area contributed by atoms with Crippen LogP contribution in [0.4, 0.5) is 11.4 Å². The minimum atomic E-state index is -3.96. The molecule has 1 N–H and O–H groups in total. The number of sulfonamides is 1. The van der Waals surface area contributed by atoms with Crippen LogP contribution < -0.4 is 19.1 Å². The van der Waals surface area contributed by atoms with Gasteiger partial charge in [0.1, 0.15) is 11.5 Å². The molecule has 2 aromatic rings. The van der Waals surface area contributed by atoms with E-state index in [2.05, 4.69) is 11.6 Å². The molecule has 0 bridgehead atoms. The molecule has 1 saturated carbocycles. The summed E-state index contributed by atoms with van der Waals surface area (Å²) in [7, 11) is -1.07. The Labute approximate surface area is 191 Å². The maximum absolute atomic E-state index is 13.2. The number of methoxy groups -OCH3 is 2. The molecule has 1 aliphatic carbocycles. The van der Waals surface area contributed by atoms with Gasteiger partial charge in [-0.15, -0.1) is 11.8 Å². The van der Waals surface area contributed by atoms with Gasteiger partial charge in [0.15, 0.2) is 0 Å². The highest BCUT2D eigenvalue weighted by Gasteiger charge is 2.37. The lowest BCUT2D eigenvalue weighted by atomic mass is 10.2. The highest BCUT2D eigenvalue weighted by atomic mass is 35.5. The van der Waals surface area contributed by atoms with Crippen molar-refractivity contribution in [1.82, 2.24) is 0 Å². The molecule has 31 heavy (non-hydrogen) atoms. The topological polar surface area (TPSA) is 84.9 Å². The number of thioether (sulfide) groups is 1. The summed E-state index contributed by atoms with van der Waals surface area (Å²) in [5, 5.41) is 0.486. The SMILES string of the molecule is COc1cc(OC)c(NS(=O)(=O)c2ccc3c(c2)N(C(=O)C2CC2)CC(C)S3)cc1Cl. The van der Waals surface area contributed by atoms with Crippen LogP contribution in [-0.2, 0) is 14.8 Å². The van der Waals surface area contributed by atoms with E-state index in [1.165, 1.54) is 26.4 Å². The molecule has 166 valence electrons. The molecule has 1 aliphatic heterocycles. The zero-order valence-corrected chi connectivity index (χ0v) is 19.7. The summed E-state index contributed by atoms with van der Waals surface area (Å²) in [5.74, 6) is 0.764. The van der Waals surface area contributed by atoms with E-state index in [4.69, 9.17) is 21.1 Å². The third kappa shape index (κ3) is 4.44. The fourth-order valence-corrected chi connectivity index (χ4v) is 5.90. The van der Waals surface area contributed by atoms with Gasteiger partial charge in [-0.3, -0.25) is 9.52 Å². The van der Waals surface area contributed by atoms with Crippen molar-refractivity contribution in [3.63, 3.8) is 0 Å². The van der Waals surface area contributed by atoms with Crippen molar-refractivity contribution in [2.24, 2.45) is 5.92 Å². The molecule has 2 aromatic carbocycles. The Morgan fingerprint density at radius 3 is 2.52 bits per heavy atom. The number of rotatable bonds is 6. The lowest BCUT2D eigenvalue weighted by molar-refractivity contribution is -0.119. The van der Waals surface area contributed by atoms with Crippen LogP contribution in [-0.4, -0.2) is 40.3 Å². The standard InChI is InChI=1S/C21H23ClN2O5S2/c1-12-11-24(21(25)13-4-5-13)17-8-14(6-7-20(17)30-12)31(26,27)23-16-9-15(22)18(28-2)10-19(16)29-3/h6-10,12-13,23H,4-5,11H2,1-3H3. The normalized spacial score (nSPS) is 18.3. The molecular weight excluding hydrogens is 460 g/mol. The monoisotopic (exact) mass is 482 g/mol. The first-order valence-electron chi connectivity index (χ1n) is 9.80. The summed E-state index contributed by atoms with van der Waals surface area (Å²) in [5.41, 5.74) is 0.836. The maximum atomic E-state index is 13.2. The quantitative estimate of drug-likeness (QED) is 0.657. The molecule has 2 aliphatic rings. The van der Waals surface area contributed by atoms with E-state index in [1.807, 2.05) is 0 Å². The van der Waals surface area contributed by atoms with E-state index in [0.29, 0.717) is 18.0 Å². The van der Waals surface area contributed by atoms with Crippen molar-refractivity contribution in [2.75, 3.05) is 30.4 Å². The van der Waals surface area contributed by atoms with Crippen LogP contribution in [0.2, 0.25) is 5.02 Å². The van der Waals surface area contributed by atoms with Crippen molar-refractivity contribution in [3.8, 4) is 11.5 Å². The smallest absolute Gasteiger partial charge is 0.262 e. The number of halogens is 1. The molecule has 1 amide bonds. The minimum Gasteiger partial charge on any atom is -0.495 e. The number of nitrogens with zero attached hydrogens (tertiary/aromatic N) is 1. The van der Waals surface area contributed by atoms with Gasteiger partial charge in [0.25, 0.3) is 10.0 Å². The number of fused-ring (bicyclic) bond motifs is 1. The first-order chi connectivity index (χ1) is 14.7. The second-order valence-electron chi connectivity index (χ2n) is 7.57. The number of hydrogen-bond acceptors (Lipinski definition) is 6. The number of benzene rings is 2. The Kier molecular flexibility index (Phi) is 6.02. The summed E-state index contributed by atoms with van der Waals surface area (Å²) in [4.78, 5) is 15.5. The third-order valence-corrected chi connectivity index (χ3v) is 8.02. The highest BCUT2D eigenvalue weighted by Crippen LogP contribution is 2.43. The number of ether oxygens (including phenoxy) is 2. The van der Waals surface area contributed by atoms with Crippen LogP contribution in [0, 0.1) is 5.92 Å². The van der Waals surface area contributed by atoms with Crippen LogP contribution in [0.3, 0.4) is 0 Å². The van der Waals surface area contributed by atoms with Crippen LogP contribution >= 0.6 is 23.4 Å². The number of carbonyl (C=O) groups excluding carboxylic acids is 1. The zero-order chi connectivity index (χ0) is 22.3. The summed E-state index contributed by atoms with van der Waals surface area (Å²) in [6, 6.07) is 7.82. The number of anilines is 2. The third-order valence-electron chi connectivity index (χ3n) is 5.21. The van der Waals surface area contributed by atoms with E-state index in [9.17, 15) is 13.2 Å². The average molecular weight is 483 g/mol. The number of nitrogens with one attached hydrogen (secondary N) is 1. The summed E-state index contributed by atoms with van der Waals surface area (Å²) in [6.07, 6.45) is 1.79. The molecular formula is C21H23ClN2O5S2. The Morgan fingerprint density at radius 2 is 1.87 bits per heavy atom. The van der Waals surface area contributed by atoms with Crippen LogP contribution in [0.1, 0.15) is 19.8 Å². The van der Waals surface area contributed by atoms with Crippen LogP contribution in [0.15, 0.2) is 40.1 Å². The van der Waals surface area contributed by atoms with Crippen molar-refractivity contribution >= 4 is 50.7 Å². The van der Waals surface area contributed by atoms with Crippen molar-refractivity contribution in [2.45, 2.75) is 34.8 Å². The Balaban J connectivity index is 1.69. The van der Waals surface area contributed by atoms with E-state index in [-0.39, 0.29) is 38.4 Å². The molecule has 1 atom stereocenters. The summed E-state index contributed by atoms with van der Waals surface area (Å²) >= 11 is 7.81. The van der Waals surface area contributed by atoms with Gasteiger partial charge in [0, 0.05) is 28.7 Å². The molecule has 1 heterocycles. The molecule has 1 unspecified atom stereocenters. The molecule has 1 fully saturated rings. The van der Waals surface area contributed by atoms with Gasteiger partial charge in [0.2, 0.25) is 5.91 Å². The zero-order valence-electron chi connectivity index (χ0n) is 17.3. The van der Waals surface area contributed by atoms with Gasteiger partial charge < -0.3 is 14.4 Å². The Bertz CT molecular complexity index is 1130.